The van der Waals surface area contributed by atoms with E-state index in [0.29, 0.717) is 18.5 Å². The summed E-state index contributed by atoms with van der Waals surface area (Å²) in [7, 11) is 6.09. The zero-order chi connectivity index (χ0) is 13.1. The zero-order valence-corrected chi connectivity index (χ0v) is 11.4. The molecule has 0 aromatic heterocycles. The van der Waals surface area contributed by atoms with Crippen molar-refractivity contribution < 1.29 is 0 Å². The average molecular weight is 246 g/mol. The minimum Gasteiger partial charge on any atom is -0.378 e. The van der Waals surface area contributed by atoms with Gasteiger partial charge in [0.1, 0.15) is 0 Å². The molecule has 2 rings (SSSR count). The topological polar surface area (TPSA) is 44.9 Å². The second-order valence-corrected chi connectivity index (χ2v) is 5.08. The van der Waals surface area contributed by atoms with Crippen molar-refractivity contribution in [2.24, 2.45) is 10.7 Å². The van der Waals surface area contributed by atoms with Gasteiger partial charge in [0.05, 0.1) is 6.54 Å². The fraction of sp³-hybridized carbons (Fsp3) is 0.500. The Morgan fingerprint density at radius 1 is 1.22 bits per heavy atom. The number of nitrogens with two attached hydrogens (primary N) is 1. The Kier molecular flexibility index (Phi) is 3.75. The first kappa shape index (κ1) is 12.7. The van der Waals surface area contributed by atoms with Crippen molar-refractivity contribution in [2.75, 3.05) is 26.0 Å². The molecular formula is C14H22N4. The van der Waals surface area contributed by atoms with E-state index in [9.17, 15) is 0 Å². The highest BCUT2D eigenvalue weighted by atomic mass is 15.3. The number of aliphatic imine (C=N–C) groups is 1. The number of nitrogens with zero attached hydrogens (tertiary/aromatic N) is 3. The van der Waals surface area contributed by atoms with Gasteiger partial charge in [-0.2, -0.15) is 0 Å². The minimum atomic E-state index is 0.616. The highest BCUT2D eigenvalue weighted by molar-refractivity contribution is 5.78. The summed E-state index contributed by atoms with van der Waals surface area (Å²) in [6.07, 6.45) is 2.48. The second-order valence-electron chi connectivity index (χ2n) is 5.08. The zero-order valence-electron chi connectivity index (χ0n) is 11.4. The smallest absolute Gasteiger partial charge is 0.191 e. The van der Waals surface area contributed by atoms with Gasteiger partial charge in [-0.05, 0) is 30.5 Å². The van der Waals surface area contributed by atoms with Gasteiger partial charge in [0.25, 0.3) is 0 Å². The maximum atomic E-state index is 5.95. The summed E-state index contributed by atoms with van der Waals surface area (Å²) in [6.45, 7) is 0.649. The monoisotopic (exact) mass is 246 g/mol. The predicted octanol–water partition coefficient (Wildman–Crippen LogP) is 1.66. The van der Waals surface area contributed by atoms with E-state index in [-0.39, 0.29) is 0 Å². The molecule has 0 heterocycles. The van der Waals surface area contributed by atoms with Crippen LogP contribution < -0.4 is 10.6 Å². The Hall–Kier alpha value is -1.71. The number of hydrogen-bond acceptors (Lipinski definition) is 2. The SMILES string of the molecule is CN(C)c1ccc(CN=C(N)N(C)C2CC2)cc1. The molecule has 0 atom stereocenters. The molecule has 1 fully saturated rings. The molecule has 1 aromatic carbocycles. The van der Waals surface area contributed by atoms with Crippen LogP contribution in [0, 0.1) is 0 Å². The lowest BCUT2D eigenvalue weighted by Gasteiger charge is -2.17. The Bertz CT molecular complexity index is 418. The molecular weight excluding hydrogens is 224 g/mol. The van der Waals surface area contributed by atoms with Crippen molar-refractivity contribution >= 4 is 11.6 Å². The maximum absolute atomic E-state index is 5.95. The van der Waals surface area contributed by atoms with E-state index in [4.69, 9.17) is 5.73 Å². The molecule has 0 bridgehead atoms. The first-order valence-electron chi connectivity index (χ1n) is 6.37. The Morgan fingerprint density at radius 3 is 2.33 bits per heavy atom. The van der Waals surface area contributed by atoms with E-state index < -0.39 is 0 Å². The first-order chi connectivity index (χ1) is 8.58. The molecule has 4 heteroatoms. The van der Waals surface area contributed by atoms with Gasteiger partial charge in [0, 0.05) is 32.9 Å². The van der Waals surface area contributed by atoms with Gasteiger partial charge >= 0.3 is 0 Å². The summed E-state index contributed by atoms with van der Waals surface area (Å²) in [6, 6.07) is 9.02. The van der Waals surface area contributed by atoms with E-state index in [1.165, 1.54) is 24.1 Å². The van der Waals surface area contributed by atoms with Crippen LogP contribution in [0.3, 0.4) is 0 Å². The molecule has 2 N–H and O–H groups in total. The molecule has 0 amide bonds. The highest BCUT2D eigenvalue weighted by Gasteiger charge is 2.27. The predicted molar refractivity (Wildman–Crippen MR) is 76.9 cm³/mol. The van der Waals surface area contributed by atoms with E-state index >= 15 is 0 Å². The fourth-order valence-corrected chi connectivity index (χ4v) is 1.83. The van der Waals surface area contributed by atoms with Crippen molar-refractivity contribution in [1.29, 1.82) is 0 Å². The largest absolute Gasteiger partial charge is 0.378 e. The summed E-state index contributed by atoms with van der Waals surface area (Å²) in [5.74, 6) is 0.647. The lowest BCUT2D eigenvalue weighted by Crippen LogP contribution is -2.35. The molecule has 1 aliphatic rings. The van der Waals surface area contributed by atoms with Crippen LogP contribution in [0.5, 0.6) is 0 Å². The summed E-state index contributed by atoms with van der Waals surface area (Å²) < 4.78 is 0. The first-order valence-corrected chi connectivity index (χ1v) is 6.37. The molecule has 0 spiro atoms. The molecule has 18 heavy (non-hydrogen) atoms. The standard InChI is InChI=1S/C14H22N4/c1-17(2)12-6-4-11(5-7-12)10-16-14(15)18(3)13-8-9-13/h4-7,13H,8-10H2,1-3H3,(H2,15,16). The number of anilines is 1. The van der Waals surface area contributed by atoms with Crippen LogP contribution in [0.15, 0.2) is 29.3 Å². The lowest BCUT2D eigenvalue weighted by molar-refractivity contribution is 0.487. The number of rotatable bonds is 4. The van der Waals surface area contributed by atoms with Crippen LogP contribution >= 0.6 is 0 Å². The third kappa shape index (κ3) is 3.15. The van der Waals surface area contributed by atoms with Crippen LogP contribution in [0.4, 0.5) is 5.69 Å². The van der Waals surface area contributed by atoms with Crippen molar-refractivity contribution in [2.45, 2.75) is 25.4 Å². The van der Waals surface area contributed by atoms with Crippen LogP contribution in [0.1, 0.15) is 18.4 Å². The van der Waals surface area contributed by atoms with Gasteiger partial charge in [0.2, 0.25) is 0 Å². The summed E-state index contributed by atoms with van der Waals surface area (Å²) in [5, 5.41) is 0. The average Bonchev–Trinajstić information content (AvgIpc) is 3.19. The molecule has 0 unspecified atom stereocenters. The Balaban J connectivity index is 1.94. The number of benzene rings is 1. The third-order valence-corrected chi connectivity index (χ3v) is 3.33. The highest BCUT2D eigenvalue weighted by Crippen LogP contribution is 2.25. The molecule has 98 valence electrons. The number of guanidine groups is 1. The van der Waals surface area contributed by atoms with Crippen LogP contribution in [-0.2, 0) is 6.54 Å². The molecule has 1 aromatic rings. The van der Waals surface area contributed by atoms with Crippen molar-refractivity contribution in [3.63, 3.8) is 0 Å². The molecule has 1 saturated carbocycles. The second kappa shape index (κ2) is 5.29. The van der Waals surface area contributed by atoms with Gasteiger partial charge in [0.15, 0.2) is 5.96 Å². The van der Waals surface area contributed by atoms with Crippen LogP contribution in [0.25, 0.3) is 0 Å². The quantitative estimate of drug-likeness (QED) is 0.649. The fourth-order valence-electron chi connectivity index (χ4n) is 1.83. The van der Waals surface area contributed by atoms with E-state index in [1.807, 2.05) is 21.1 Å². The van der Waals surface area contributed by atoms with Gasteiger partial charge in [-0.15, -0.1) is 0 Å². The molecule has 0 radical (unpaired) electrons. The Labute approximate surface area is 109 Å². The van der Waals surface area contributed by atoms with E-state index in [2.05, 4.69) is 39.1 Å². The maximum Gasteiger partial charge on any atom is 0.191 e. The summed E-state index contributed by atoms with van der Waals surface area (Å²) in [4.78, 5) is 8.60. The molecule has 0 saturated heterocycles. The molecule has 1 aliphatic carbocycles. The Morgan fingerprint density at radius 2 is 1.83 bits per heavy atom. The van der Waals surface area contributed by atoms with Gasteiger partial charge in [-0.25, -0.2) is 4.99 Å². The third-order valence-electron chi connectivity index (χ3n) is 3.33. The van der Waals surface area contributed by atoms with E-state index in [0.717, 1.165) is 0 Å². The normalized spacial score (nSPS) is 15.6. The molecule has 0 aliphatic heterocycles. The van der Waals surface area contributed by atoms with Crippen molar-refractivity contribution in [3.05, 3.63) is 29.8 Å². The van der Waals surface area contributed by atoms with Gasteiger partial charge < -0.3 is 15.5 Å². The number of hydrogen-bond donors (Lipinski definition) is 1. The van der Waals surface area contributed by atoms with Crippen LogP contribution in [-0.4, -0.2) is 38.0 Å². The van der Waals surface area contributed by atoms with E-state index in [1.54, 1.807) is 0 Å². The van der Waals surface area contributed by atoms with Crippen LogP contribution in [0.2, 0.25) is 0 Å². The lowest BCUT2D eigenvalue weighted by atomic mass is 10.2. The molecule has 4 nitrogen and oxygen atoms in total. The minimum absolute atomic E-state index is 0.616. The summed E-state index contributed by atoms with van der Waals surface area (Å²) >= 11 is 0. The van der Waals surface area contributed by atoms with Crippen molar-refractivity contribution in [1.82, 2.24) is 4.90 Å². The van der Waals surface area contributed by atoms with Crippen molar-refractivity contribution in [3.8, 4) is 0 Å². The summed E-state index contributed by atoms with van der Waals surface area (Å²) in [5.41, 5.74) is 8.34. The van der Waals surface area contributed by atoms with Gasteiger partial charge in [-0.1, -0.05) is 12.1 Å². The van der Waals surface area contributed by atoms with Gasteiger partial charge in [-0.3, -0.25) is 0 Å².